The molecule has 2 heterocycles. The molecule has 3 aromatic rings. The van der Waals surface area contributed by atoms with E-state index in [9.17, 15) is 8.42 Å². The van der Waals surface area contributed by atoms with E-state index in [1.165, 1.54) is 12.8 Å². The normalized spacial score (nSPS) is 13.6. The number of aliphatic imine (C=N–C) groups is 1. The number of aromatic amines is 1. The van der Waals surface area contributed by atoms with E-state index in [2.05, 4.69) is 75.4 Å². The van der Waals surface area contributed by atoms with Crippen LogP contribution >= 0.6 is 11.6 Å². The number of hydrogen-bond acceptors (Lipinski definition) is 6. The molecule has 0 saturated heterocycles. The zero-order chi connectivity index (χ0) is 31.3. The third kappa shape index (κ3) is 8.07. The number of sulfonamides is 1. The first-order valence-corrected chi connectivity index (χ1v) is 16.9. The van der Waals surface area contributed by atoms with Gasteiger partial charge in [-0.05, 0) is 39.3 Å². The molecule has 0 aliphatic heterocycles. The van der Waals surface area contributed by atoms with Crippen LogP contribution in [0.4, 0.5) is 5.69 Å². The maximum Gasteiger partial charge on any atom is 0.232 e. The Morgan fingerprint density at radius 1 is 1.02 bits per heavy atom. The first-order valence-electron chi connectivity index (χ1n) is 14.9. The Morgan fingerprint density at radius 3 is 2.33 bits per heavy atom. The molecule has 0 bridgehead atoms. The zero-order valence-electron chi connectivity index (χ0n) is 26.8. The minimum Gasteiger partial charge on any atom is -0.485 e. The minimum atomic E-state index is -3.48. The van der Waals surface area contributed by atoms with Crippen LogP contribution in [0.25, 0.3) is 5.65 Å². The molecule has 0 spiro atoms. The predicted octanol–water partition coefficient (Wildman–Crippen LogP) is 7.71. The second-order valence-corrected chi connectivity index (χ2v) is 15.5. The van der Waals surface area contributed by atoms with Crippen molar-refractivity contribution in [2.75, 3.05) is 17.1 Å². The lowest BCUT2D eigenvalue weighted by Crippen LogP contribution is -2.43. The Labute approximate surface area is 256 Å². The van der Waals surface area contributed by atoms with Gasteiger partial charge >= 0.3 is 0 Å². The molecule has 2 aromatic heterocycles. The van der Waals surface area contributed by atoms with Gasteiger partial charge in [0.1, 0.15) is 17.4 Å². The number of para-hydroxylation sites is 2. The average Bonchev–Trinajstić information content (AvgIpc) is 3.45. The standard InChI is InChI=1S/C31H49ClN6O3S/c1-10-11-12-13-14-17-20-42(39,40)37-23-18-15-16-19-24(23)41-21-22(2)33-31(8,9)30(6,7)28-35-34-27-25(32)26(29(3,4)5)36-38(27)28/h15-16,18-19,36-37H,10-14,17,20-21H2,1-9H3. The van der Waals surface area contributed by atoms with E-state index in [0.717, 1.165) is 36.5 Å². The topological polar surface area (TPSA) is 114 Å². The van der Waals surface area contributed by atoms with Crippen molar-refractivity contribution >= 4 is 38.7 Å². The van der Waals surface area contributed by atoms with Crippen molar-refractivity contribution < 1.29 is 13.2 Å². The molecule has 0 saturated carbocycles. The summed E-state index contributed by atoms with van der Waals surface area (Å²) < 4.78 is 36.1. The van der Waals surface area contributed by atoms with Gasteiger partial charge in [-0.15, -0.1) is 10.2 Å². The number of fused-ring (bicyclic) bond motifs is 1. The van der Waals surface area contributed by atoms with E-state index in [-0.39, 0.29) is 17.8 Å². The number of benzene rings is 1. The summed E-state index contributed by atoms with van der Waals surface area (Å²) in [5.41, 5.74) is 1.37. The molecule has 2 N–H and O–H groups in total. The maximum atomic E-state index is 12.7. The fourth-order valence-corrected chi connectivity index (χ4v) is 6.42. The highest BCUT2D eigenvalue weighted by atomic mass is 35.5. The van der Waals surface area contributed by atoms with Gasteiger partial charge in [0.05, 0.1) is 28.1 Å². The number of aromatic nitrogens is 4. The number of halogens is 1. The molecule has 42 heavy (non-hydrogen) atoms. The number of H-pyrrole nitrogens is 1. The van der Waals surface area contributed by atoms with E-state index in [4.69, 9.17) is 21.3 Å². The van der Waals surface area contributed by atoms with E-state index < -0.39 is 21.0 Å². The van der Waals surface area contributed by atoms with Crippen molar-refractivity contribution in [2.45, 2.75) is 117 Å². The fourth-order valence-electron chi connectivity index (χ4n) is 4.78. The lowest BCUT2D eigenvalue weighted by Gasteiger charge is -2.37. The zero-order valence-corrected chi connectivity index (χ0v) is 28.3. The molecule has 9 nitrogen and oxygen atoms in total. The number of ether oxygens (including phenoxy) is 1. The van der Waals surface area contributed by atoms with E-state index in [1.807, 2.05) is 17.5 Å². The Morgan fingerprint density at radius 2 is 1.67 bits per heavy atom. The van der Waals surface area contributed by atoms with Gasteiger partial charge in [-0.3, -0.25) is 14.8 Å². The highest BCUT2D eigenvalue weighted by molar-refractivity contribution is 7.92. The predicted molar refractivity (Wildman–Crippen MR) is 174 cm³/mol. The van der Waals surface area contributed by atoms with Crippen molar-refractivity contribution in [3.05, 3.63) is 40.8 Å². The largest absolute Gasteiger partial charge is 0.485 e. The summed E-state index contributed by atoms with van der Waals surface area (Å²) in [6.07, 6.45) is 6.13. The van der Waals surface area contributed by atoms with Crippen LogP contribution in [0.3, 0.4) is 0 Å². The number of nitrogens with one attached hydrogen (secondary N) is 2. The van der Waals surface area contributed by atoms with Gasteiger partial charge in [0.25, 0.3) is 0 Å². The second kappa shape index (κ2) is 13.4. The summed E-state index contributed by atoms with van der Waals surface area (Å²) in [6.45, 7) is 18.8. The van der Waals surface area contributed by atoms with Crippen molar-refractivity contribution in [1.82, 2.24) is 19.8 Å². The minimum absolute atomic E-state index is 0.0936. The quantitative estimate of drug-likeness (QED) is 0.133. The van der Waals surface area contributed by atoms with E-state index in [1.54, 1.807) is 18.2 Å². The summed E-state index contributed by atoms with van der Waals surface area (Å²) in [5.74, 6) is 1.28. The average molecular weight is 621 g/mol. The molecule has 3 rings (SSSR count). The highest BCUT2D eigenvalue weighted by Crippen LogP contribution is 2.39. The third-order valence-corrected chi connectivity index (χ3v) is 9.68. The van der Waals surface area contributed by atoms with Crippen molar-refractivity contribution in [1.29, 1.82) is 0 Å². The summed E-state index contributed by atoms with van der Waals surface area (Å²) >= 11 is 6.66. The van der Waals surface area contributed by atoms with Crippen LogP contribution in [0.1, 0.15) is 112 Å². The Bertz CT molecular complexity index is 1480. The molecule has 11 heteroatoms. The number of anilines is 1. The number of nitrogens with zero attached hydrogens (tertiary/aromatic N) is 4. The molecular formula is C31H49ClN6O3S. The van der Waals surface area contributed by atoms with Gasteiger partial charge in [-0.2, -0.15) is 0 Å². The van der Waals surface area contributed by atoms with Gasteiger partial charge < -0.3 is 4.74 Å². The van der Waals surface area contributed by atoms with Crippen LogP contribution in [0.5, 0.6) is 5.75 Å². The van der Waals surface area contributed by atoms with Crippen LogP contribution in [0.15, 0.2) is 29.3 Å². The number of unbranched alkanes of at least 4 members (excludes halogenated alkanes) is 5. The monoisotopic (exact) mass is 620 g/mol. The lowest BCUT2D eigenvalue weighted by molar-refractivity contribution is 0.285. The van der Waals surface area contributed by atoms with Crippen LogP contribution < -0.4 is 9.46 Å². The molecule has 0 radical (unpaired) electrons. The van der Waals surface area contributed by atoms with E-state index >= 15 is 0 Å². The molecule has 0 atom stereocenters. The van der Waals surface area contributed by atoms with Crippen LogP contribution in [0.2, 0.25) is 5.02 Å². The van der Waals surface area contributed by atoms with Crippen molar-refractivity contribution in [3.63, 3.8) is 0 Å². The maximum absolute atomic E-state index is 12.7. The van der Waals surface area contributed by atoms with Crippen molar-refractivity contribution in [2.24, 2.45) is 4.99 Å². The molecular weight excluding hydrogens is 572 g/mol. The highest BCUT2D eigenvalue weighted by Gasteiger charge is 2.43. The first-order chi connectivity index (χ1) is 19.5. The van der Waals surface area contributed by atoms with Crippen LogP contribution in [-0.2, 0) is 20.9 Å². The molecule has 0 aliphatic rings. The molecule has 1 aromatic carbocycles. The fraction of sp³-hybridized carbons (Fsp3) is 0.645. The van der Waals surface area contributed by atoms with Gasteiger partial charge in [0, 0.05) is 11.1 Å². The molecule has 234 valence electrons. The van der Waals surface area contributed by atoms with E-state index in [0.29, 0.717) is 28.5 Å². The summed E-state index contributed by atoms with van der Waals surface area (Å²) in [6, 6.07) is 7.10. The molecule has 0 fully saturated rings. The smallest absolute Gasteiger partial charge is 0.232 e. The number of hydrogen-bond donors (Lipinski definition) is 2. The molecule has 0 aliphatic carbocycles. The first kappa shape index (κ1) is 33.9. The SMILES string of the molecule is CCCCCCCCS(=O)(=O)Nc1ccccc1OCC(C)=NC(C)(C)C(C)(C)c1nnc2c(Cl)c(C(C)(C)C)[nH]n12. The van der Waals surface area contributed by atoms with Crippen molar-refractivity contribution in [3.8, 4) is 5.75 Å². The van der Waals surface area contributed by atoms with Gasteiger partial charge in [-0.25, -0.2) is 12.9 Å². The molecule has 0 amide bonds. The second-order valence-electron chi connectivity index (χ2n) is 13.2. The lowest BCUT2D eigenvalue weighted by atomic mass is 9.74. The van der Waals surface area contributed by atoms with Crippen LogP contribution in [0, 0.1) is 0 Å². The Kier molecular flexibility index (Phi) is 10.8. The van der Waals surface area contributed by atoms with Gasteiger partial charge in [0.15, 0.2) is 11.5 Å². The van der Waals surface area contributed by atoms with Crippen LogP contribution in [-0.4, -0.2) is 51.8 Å². The Hall–Kier alpha value is -2.59. The summed E-state index contributed by atoms with van der Waals surface area (Å²) in [5, 5.41) is 12.9. The summed E-state index contributed by atoms with van der Waals surface area (Å²) in [4.78, 5) is 5.04. The molecule has 0 unspecified atom stereocenters. The third-order valence-electron chi connectivity index (χ3n) is 7.97. The Balaban J connectivity index is 1.72. The number of rotatable bonds is 15. The summed E-state index contributed by atoms with van der Waals surface area (Å²) in [7, 11) is -3.48. The van der Waals surface area contributed by atoms with Gasteiger partial charge in [-0.1, -0.05) is 97.4 Å². The van der Waals surface area contributed by atoms with Gasteiger partial charge in [0.2, 0.25) is 10.0 Å².